The Kier molecular flexibility index (Phi) is 4.39. The van der Waals surface area contributed by atoms with Gasteiger partial charge in [-0.05, 0) is 24.0 Å². The van der Waals surface area contributed by atoms with Crippen molar-refractivity contribution < 1.29 is 17.9 Å². The number of benzene rings is 1. The second kappa shape index (κ2) is 5.60. The summed E-state index contributed by atoms with van der Waals surface area (Å²) in [5, 5.41) is 9.17. The number of hydrogen-bond acceptors (Lipinski definition) is 3. The van der Waals surface area contributed by atoms with Crippen LogP contribution in [0.15, 0.2) is 17.0 Å². The van der Waals surface area contributed by atoms with E-state index in [9.17, 15) is 12.8 Å². The minimum atomic E-state index is -3.93. The summed E-state index contributed by atoms with van der Waals surface area (Å²) in [6.45, 7) is 4.07. The fourth-order valence-electron chi connectivity index (χ4n) is 2.33. The molecule has 20 heavy (non-hydrogen) atoms. The lowest BCUT2D eigenvalue weighted by Gasteiger charge is -2.17. The molecule has 0 spiro atoms. The van der Waals surface area contributed by atoms with E-state index in [2.05, 4.69) is 0 Å². The van der Waals surface area contributed by atoms with Gasteiger partial charge < -0.3 is 5.11 Å². The third-order valence-electron chi connectivity index (χ3n) is 3.82. The van der Waals surface area contributed by atoms with Gasteiger partial charge in [-0.3, -0.25) is 0 Å². The van der Waals surface area contributed by atoms with Crippen LogP contribution in [0.3, 0.4) is 0 Å². The Labute approximate surface area is 123 Å². The monoisotopic (exact) mass is 321 g/mol. The van der Waals surface area contributed by atoms with E-state index in [0.717, 1.165) is 6.07 Å². The topological polar surface area (TPSA) is 57.6 Å². The zero-order valence-corrected chi connectivity index (χ0v) is 12.9. The zero-order valence-electron chi connectivity index (χ0n) is 11.3. The van der Waals surface area contributed by atoms with E-state index in [1.54, 1.807) is 0 Å². The average molecular weight is 322 g/mol. The summed E-state index contributed by atoms with van der Waals surface area (Å²) < 4.78 is 40.5. The van der Waals surface area contributed by atoms with Crippen molar-refractivity contribution in [1.82, 2.24) is 4.31 Å². The minimum absolute atomic E-state index is 0.0920. The van der Waals surface area contributed by atoms with E-state index in [-0.39, 0.29) is 22.4 Å². The summed E-state index contributed by atoms with van der Waals surface area (Å²) in [6, 6.07) is 2.32. The molecule has 2 rings (SSSR count). The van der Waals surface area contributed by atoms with Crippen molar-refractivity contribution in [1.29, 1.82) is 0 Å². The van der Waals surface area contributed by atoms with Gasteiger partial charge in [0.15, 0.2) is 0 Å². The first-order chi connectivity index (χ1) is 9.27. The van der Waals surface area contributed by atoms with Crippen LogP contribution in [0.25, 0.3) is 0 Å². The maximum absolute atomic E-state index is 14.2. The fourth-order valence-corrected chi connectivity index (χ4v) is 4.41. The van der Waals surface area contributed by atoms with Crippen molar-refractivity contribution in [2.75, 3.05) is 13.1 Å². The summed E-state index contributed by atoms with van der Waals surface area (Å²) in [5.74, 6) is -0.474. The Hall–Kier alpha value is -0.690. The number of nitrogens with zero attached hydrogens (tertiary/aromatic N) is 1. The molecule has 0 aromatic heterocycles. The molecular weight excluding hydrogens is 305 g/mol. The highest BCUT2D eigenvalue weighted by molar-refractivity contribution is 7.89. The molecular formula is C13H17ClFNO3S. The second-order valence-corrected chi connectivity index (χ2v) is 7.65. The van der Waals surface area contributed by atoms with Gasteiger partial charge in [0.2, 0.25) is 10.0 Å². The summed E-state index contributed by atoms with van der Waals surface area (Å²) in [4.78, 5) is -0.463. The fraction of sp³-hybridized carbons (Fsp3) is 0.538. The van der Waals surface area contributed by atoms with E-state index < -0.39 is 27.3 Å². The highest BCUT2D eigenvalue weighted by atomic mass is 35.5. The molecule has 1 saturated heterocycles. The molecule has 1 aromatic rings. The molecule has 0 saturated carbocycles. The largest absolute Gasteiger partial charge is 0.392 e. The van der Waals surface area contributed by atoms with Crippen molar-refractivity contribution in [3.63, 3.8) is 0 Å². The maximum Gasteiger partial charge on any atom is 0.246 e. The lowest BCUT2D eigenvalue weighted by Crippen LogP contribution is -2.30. The van der Waals surface area contributed by atoms with Crippen LogP contribution in [-0.4, -0.2) is 30.9 Å². The molecule has 1 aliphatic heterocycles. The normalized spacial score (nSPS) is 24.2. The third-order valence-corrected chi connectivity index (χ3v) is 5.87. The lowest BCUT2D eigenvalue weighted by atomic mass is 10.0. The molecule has 7 heteroatoms. The number of aliphatic hydroxyl groups excluding tert-OH is 1. The summed E-state index contributed by atoms with van der Waals surface area (Å²) in [6.07, 6.45) is 0. The quantitative estimate of drug-likeness (QED) is 0.929. The Morgan fingerprint density at radius 3 is 2.40 bits per heavy atom. The Balaban J connectivity index is 2.48. The van der Waals surface area contributed by atoms with Crippen molar-refractivity contribution in [2.45, 2.75) is 25.3 Å². The van der Waals surface area contributed by atoms with E-state index in [1.165, 1.54) is 10.4 Å². The van der Waals surface area contributed by atoms with Crippen LogP contribution >= 0.6 is 11.6 Å². The molecule has 1 heterocycles. The lowest BCUT2D eigenvalue weighted by molar-refractivity contribution is 0.274. The van der Waals surface area contributed by atoms with Gasteiger partial charge >= 0.3 is 0 Å². The predicted molar refractivity (Wildman–Crippen MR) is 74.4 cm³/mol. The van der Waals surface area contributed by atoms with Crippen LogP contribution in [0.2, 0.25) is 5.02 Å². The molecule has 1 N–H and O–H groups in total. The summed E-state index contributed by atoms with van der Waals surface area (Å²) in [7, 11) is -3.93. The van der Waals surface area contributed by atoms with E-state index in [4.69, 9.17) is 16.7 Å². The van der Waals surface area contributed by atoms with Gasteiger partial charge in [0.1, 0.15) is 10.7 Å². The van der Waals surface area contributed by atoms with Crippen LogP contribution in [0.1, 0.15) is 19.4 Å². The Morgan fingerprint density at radius 1 is 1.35 bits per heavy atom. The maximum atomic E-state index is 14.2. The van der Waals surface area contributed by atoms with Crippen molar-refractivity contribution in [3.8, 4) is 0 Å². The highest BCUT2D eigenvalue weighted by Crippen LogP contribution is 2.31. The smallest absolute Gasteiger partial charge is 0.246 e. The van der Waals surface area contributed by atoms with Crippen LogP contribution in [0.5, 0.6) is 0 Å². The van der Waals surface area contributed by atoms with E-state index in [0.29, 0.717) is 13.1 Å². The number of hydrogen-bond donors (Lipinski definition) is 1. The zero-order chi connectivity index (χ0) is 15.1. The predicted octanol–water partition coefficient (Wildman–Crippen LogP) is 2.25. The number of sulfonamides is 1. The molecule has 0 aliphatic carbocycles. The molecule has 1 aromatic carbocycles. The van der Waals surface area contributed by atoms with Gasteiger partial charge in [0.05, 0.1) is 6.61 Å². The van der Waals surface area contributed by atoms with Gasteiger partial charge in [-0.25, -0.2) is 12.8 Å². The van der Waals surface area contributed by atoms with Crippen molar-refractivity contribution in [3.05, 3.63) is 28.5 Å². The Bertz CT molecular complexity index is 610. The second-order valence-electron chi connectivity index (χ2n) is 5.31. The highest BCUT2D eigenvalue weighted by Gasteiger charge is 2.36. The number of rotatable bonds is 3. The summed E-state index contributed by atoms with van der Waals surface area (Å²) >= 11 is 5.81. The van der Waals surface area contributed by atoms with Crippen LogP contribution in [-0.2, 0) is 16.6 Å². The summed E-state index contributed by atoms with van der Waals surface area (Å²) in [5.41, 5.74) is -0.114. The van der Waals surface area contributed by atoms with E-state index >= 15 is 0 Å². The molecule has 4 nitrogen and oxygen atoms in total. The standard InChI is InChI=1S/C13H17ClFNO3S/c1-8-5-16(6-9(8)2)20(18,19)12-4-11(14)3-10(7-17)13(12)15/h3-4,8-9,17H,5-7H2,1-2H3. The molecule has 2 atom stereocenters. The van der Waals surface area contributed by atoms with Gasteiger partial charge in [0, 0.05) is 23.7 Å². The first kappa shape index (κ1) is 15.7. The van der Waals surface area contributed by atoms with Crippen LogP contribution in [0.4, 0.5) is 4.39 Å². The Morgan fingerprint density at radius 2 is 1.90 bits per heavy atom. The first-order valence-corrected chi connectivity index (χ1v) is 8.18. The van der Waals surface area contributed by atoms with Gasteiger partial charge in [-0.15, -0.1) is 0 Å². The van der Waals surface area contributed by atoms with Crippen molar-refractivity contribution >= 4 is 21.6 Å². The first-order valence-electron chi connectivity index (χ1n) is 6.36. The van der Waals surface area contributed by atoms with Crippen LogP contribution in [0, 0.1) is 17.7 Å². The van der Waals surface area contributed by atoms with Gasteiger partial charge in [-0.2, -0.15) is 4.31 Å². The number of halogens is 2. The molecule has 112 valence electrons. The molecule has 0 amide bonds. The average Bonchev–Trinajstić information content (AvgIpc) is 2.72. The number of aliphatic hydroxyl groups is 1. The van der Waals surface area contributed by atoms with Gasteiger partial charge in [-0.1, -0.05) is 25.4 Å². The minimum Gasteiger partial charge on any atom is -0.392 e. The molecule has 2 unspecified atom stereocenters. The van der Waals surface area contributed by atoms with E-state index in [1.807, 2.05) is 13.8 Å². The van der Waals surface area contributed by atoms with Gasteiger partial charge in [0.25, 0.3) is 0 Å². The molecule has 1 fully saturated rings. The molecule has 0 radical (unpaired) electrons. The SMILES string of the molecule is CC1CN(S(=O)(=O)c2cc(Cl)cc(CO)c2F)CC1C. The molecule has 1 aliphatic rings. The molecule has 0 bridgehead atoms. The van der Waals surface area contributed by atoms with Crippen LogP contribution < -0.4 is 0 Å². The third kappa shape index (κ3) is 2.70. The van der Waals surface area contributed by atoms with Crippen molar-refractivity contribution in [2.24, 2.45) is 11.8 Å².